The molecule has 0 radical (unpaired) electrons. The lowest BCUT2D eigenvalue weighted by molar-refractivity contribution is -0.136. The van der Waals surface area contributed by atoms with Gasteiger partial charge in [-0.1, -0.05) is 69.1 Å². The van der Waals surface area contributed by atoms with Crippen LogP contribution in [0.15, 0.2) is 36.5 Å². The first kappa shape index (κ1) is 23.0. The monoisotopic (exact) mass is 352 g/mol. The van der Waals surface area contributed by atoms with E-state index in [2.05, 4.69) is 43.4 Å². The molecule has 3 heteroatoms. The summed E-state index contributed by atoms with van der Waals surface area (Å²) in [4.78, 5) is 10.4. The molecule has 0 aliphatic heterocycles. The van der Waals surface area contributed by atoms with Crippen LogP contribution in [0.25, 0.3) is 0 Å². The molecule has 2 nitrogen and oxygen atoms in total. The van der Waals surface area contributed by atoms with Crippen molar-refractivity contribution in [3.63, 3.8) is 0 Å². The second kappa shape index (κ2) is 20.1. The van der Waals surface area contributed by atoms with E-state index >= 15 is 0 Å². The van der Waals surface area contributed by atoms with E-state index in [1.807, 2.05) is 0 Å². The Hall–Kier alpha value is -0.960. The molecule has 0 aromatic rings. The van der Waals surface area contributed by atoms with E-state index in [4.69, 9.17) is 5.11 Å². The quantitative estimate of drug-likeness (QED) is 0.231. The number of aliphatic carboxylic acids is 1. The molecular weight excluding hydrogens is 316 g/mol. The molecule has 0 aliphatic rings. The Kier molecular flexibility index (Phi) is 19.3. The van der Waals surface area contributed by atoms with E-state index in [0.717, 1.165) is 30.8 Å². The number of rotatable bonds is 17. The van der Waals surface area contributed by atoms with Crippen LogP contribution in [0.2, 0.25) is 0 Å². The smallest absolute Gasteiger partial charge is 0.304 e. The minimum atomic E-state index is -0.684. The molecule has 0 fully saturated rings. The number of carbonyl (C=O) groups is 1. The first-order valence-electron chi connectivity index (χ1n) is 9.52. The Morgan fingerprint density at radius 1 is 0.792 bits per heavy atom. The van der Waals surface area contributed by atoms with E-state index in [9.17, 15) is 4.79 Å². The highest BCUT2D eigenvalue weighted by molar-refractivity contribution is 7.99. The highest BCUT2D eigenvalue weighted by Crippen LogP contribution is 2.11. The second-order valence-corrected chi connectivity index (χ2v) is 7.18. The van der Waals surface area contributed by atoms with Crippen LogP contribution in [0.1, 0.15) is 77.6 Å². The molecule has 0 spiro atoms. The summed E-state index contributed by atoms with van der Waals surface area (Å²) < 4.78 is 0. The predicted octanol–water partition coefficient (Wildman–Crippen LogP) is 6.78. The summed E-state index contributed by atoms with van der Waals surface area (Å²) in [5.74, 6) is 1.18. The van der Waals surface area contributed by atoms with Crippen LogP contribution in [0.3, 0.4) is 0 Å². The first-order chi connectivity index (χ1) is 11.8. The molecule has 0 aliphatic carbocycles. The average molecular weight is 353 g/mol. The van der Waals surface area contributed by atoms with Gasteiger partial charge >= 0.3 is 5.97 Å². The molecule has 0 rings (SSSR count). The number of carboxylic acids is 1. The van der Waals surface area contributed by atoms with Crippen molar-refractivity contribution in [1.29, 1.82) is 0 Å². The molecule has 24 heavy (non-hydrogen) atoms. The normalized spacial score (nSPS) is 12.0. The molecule has 1 N–H and O–H groups in total. The van der Waals surface area contributed by atoms with Crippen LogP contribution >= 0.6 is 11.8 Å². The largest absolute Gasteiger partial charge is 0.481 e. The fourth-order valence-corrected chi connectivity index (χ4v) is 3.19. The van der Waals surface area contributed by atoms with E-state index in [1.165, 1.54) is 44.9 Å². The van der Waals surface area contributed by atoms with Crippen molar-refractivity contribution in [3.05, 3.63) is 36.5 Å². The van der Waals surface area contributed by atoms with Crippen LogP contribution in [-0.4, -0.2) is 22.6 Å². The van der Waals surface area contributed by atoms with Crippen molar-refractivity contribution in [1.82, 2.24) is 0 Å². The van der Waals surface area contributed by atoms with Crippen molar-refractivity contribution < 1.29 is 9.90 Å². The SMILES string of the molecule is CC/C=C\C/C=C\C/C=C\CCCCCCCCSCCC(=O)O. The first-order valence-corrected chi connectivity index (χ1v) is 10.7. The lowest BCUT2D eigenvalue weighted by Crippen LogP contribution is -1.96. The minimum Gasteiger partial charge on any atom is -0.481 e. The summed E-state index contributed by atoms with van der Waals surface area (Å²) in [6, 6.07) is 0. The molecule has 0 atom stereocenters. The van der Waals surface area contributed by atoms with Crippen molar-refractivity contribution in [2.75, 3.05) is 11.5 Å². The third kappa shape index (κ3) is 21.0. The Bertz CT molecular complexity index is 359. The molecule has 0 heterocycles. The van der Waals surface area contributed by atoms with Crippen molar-refractivity contribution in [2.24, 2.45) is 0 Å². The van der Waals surface area contributed by atoms with Crippen LogP contribution in [0.4, 0.5) is 0 Å². The Morgan fingerprint density at radius 2 is 1.38 bits per heavy atom. The summed E-state index contributed by atoms with van der Waals surface area (Å²) in [7, 11) is 0. The molecule has 138 valence electrons. The summed E-state index contributed by atoms with van der Waals surface area (Å²) in [6.07, 6.45) is 26.0. The van der Waals surface area contributed by atoms with E-state index < -0.39 is 5.97 Å². The fourth-order valence-electron chi connectivity index (χ4n) is 2.26. The lowest BCUT2D eigenvalue weighted by atomic mass is 10.1. The summed E-state index contributed by atoms with van der Waals surface area (Å²) in [5, 5.41) is 8.53. The molecule has 0 saturated heterocycles. The van der Waals surface area contributed by atoms with Crippen LogP contribution < -0.4 is 0 Å². The summed E-state index contributed by atoms with van der Waals surface area (Å²) in [5.41, 5.74) is 0. The highest BCUT2D eigenvalue weighted by atomic mass is 32.2. The minimum absolute atomic E-state index is 0.296. The van der Waals surface area contributed by atoms with E-state index in [0.29, 0.717) is 6.42 Å². The van der Waals surface area contributed by atoms with Gasteiger partial charge in [0.25, 0.3) is 0 Å². The molecule has 0 aromatic heterocycles. The van der Waals surface area contributed by atoms with Crippen molar-refractivity contribution in [2.45, 2.75) is 77.6 Å². The molecule has 0 aromatic carbocycles. The molecular formula is C21H36O2S. The summed E-state index contributed by atoms with van der Waals surface area (Å²) in [6.45, 7) is 2.16. The third-order valence-corrected chi connectivity index (χ3v) is 4.72. The molecule has 0 amide bonds. The van der Waals surface area contributed by atoms with Crippen LogP contribution in [-0.2, 0) is 4.79 Å². The van der Waals surface area contributed by atoms with Gasteiger partial charge in [0.15, 0.2) is 0 Å². The summed E-state index contributed by atoms with van der Waals surface area (Å²) >= 11 is 1.77. The molecule has 0 saturated carbocycles. The van der Waals surface area contributed by atoms with Crippen LogP contribution in [0.5, 0.6) is 0 Å². The van der Waals surface area contributed by atoms with Gasteiger partial charge in [-0.2, -0.15) is 11.8 Å². The van der Waals surface area contributed by atoms with Gasteiger partial charge in [-0.3, -0.25) is 4.79 Å². The highest BCUT2D eigenvalue weighted by Gasteiger charge is 1.96. The number of thioether (sulfide) groups is 1. The van der Waals surface area contributed by atoms with E-state index in [-0.39, 0.29) is 0 Å². The Balaban J connectivity index is 3.18. The zero-order valence-corrected chi connectivity index (χ0v) is 16.2. The van der Waals surface area contributed by atoms with Gasteiger partial charge in [0, 0.05) is 5.75 Å². The standard InChI is InChI=1S/C21H36O2S/c1-2-3-4-5-6-7-8-9-10-11-12-13-14-15-16-17-19-24-20-18-21(22)23/h3-4,6-7,9-10H,2,5,8,11-20H2,1H3,(H,22,23)/b4-3-,7-6-,10-9-. The second-order valence-electron chi connectivity index (χ2n) is 5.96. The number of hydrogen-bond donors (Lipinski definition) is 1. The Morgan fingerprint density at radius 3 is 2.04 bits per heavy atom. The number of allylic oxidation sites excluding steroid dienone is 6. The maximum absolute atomic E-state index is 10.4. The lowest BCUT2D eigenvalue weighted by Gasteiger charge is -2.01. The number of hydrogen-bond acceptors (Lipinski definition) is 2. The van der Waals surface area contributed by atoms with Gasteiger partial charge in [-0.25, -0.2) is 0 Å². The van der Waals surface area contributed by atoms with Crippen LogP contribution in [0, 0.1) is 0 Å². The van der Waals surface area contributed by atoms with Gasteiger partial charge in [0.05, 0.1) is 6.42 Å². The van der Waals surface area contributed by atoms with Gasteiger partial charge in [-0.05, 0) is 44.3 Å². The van der Waals surface area contributed by atoms with E-state index in [1.54, 1.807) is 11.8 Å². The van der Waals surface area contributed by atoms with Crippen molar-refractivity contribution in [3.8, 4) is 0 Å². The molecule has 0 bridgehead atoms. The van der Waals surface area contributed by atoms with Crippen molar-refractivity contribution >= 4 is 17.7 Å². The predicted molar refractivity (Wildman–Crippen MR) is 109 cm³/mol. The maximum Gasteiger partial charge on any atom is 0.304 e. The van der Waals surface area contributed by atoms with Gasteiger partial charge in [0.1, 0.15) is 0 Å². The topological polar surface area (TPSA) is 37.3 Å². The number of carboxylic acid groups (broad SMARTS) is 1. The zero-order chi connectivity index (χ0) is 17.7. The zero-order valence-electron chi connectivity index (χ0n) is 15.4. The third-order valence-electron chi connectivity index (χ3n) is 3.65. The van der Waals surface area contributed by atoms with Gasteiger partial charge in [0.2, 0.25) is 0 Å². The molecule has 0 unspecified atom stereocenters. The average Bonchev–Trinajstić information content (AvgIpc) is 2.56. The van der Waals surface area contributed by atoms with Gasteiger partial charge in [-0.15, -0.1) is 0 Å². The number of unbranched alkanes of at least 4 members (excludes halogenated alkanes) is 6. The Labute approximate surface area is 153 Å². The fraction of sp³-hybridized carbons (Fsp3) is 0.667. The van der Waals surface area contributed by atoms with Gasteiger partial charge < -0.3 is 5.11 Å². The maximum atomic E-state index is 10.4.